The molecule has 1 fully saturated rings. The fourth-order valence-corrected chi connectivity index (χ4v) is 3.08. The zero-order valence-corrected chi connectivity index (χ0v) is 13.6. The van der Waals surface area contributed by atoms with Crippen LogP contribution in [0.1, 0.15) is 31.7 Å². The summed E-state index contributed by atoms with van der Waals surface area (Å²) in [6.07, 6.45) is 3.35. The fourth-order valence-electron chi connectivity index (χ4n) is 2.78. The van der Waals surface area contributed by atoms with E-state index in [2.05, 4.69) is 12.2 Å². The molecule has 1 atom stereocenters. The smallest absolute Gasteiger partial charge is 0.231 e. The van der Waals surface area contributed by atoms with Crippen molar-refractivity contribution in [3.05, 3.63) is 33.8 Å². The second-order valence-corrected chi connectivity index (χ2v) is 6.02. The molecular weight excluding hydrogens is 319 g/mol. The van der Waals surface area contributed by atoms with Crippen molar-refractivity contribution < 1.29 is 4.79 Å². The molecule has 1 unspecified atom stereocenters. The van der Waals surface area contributed by atoms with Gasteiger partial charge in [-0.15, -0.1) is 12.4 Å². The van der Waals surface area contributed by atoms with Gasteiger partial charge in [-0.2, -0.15) is 0 Å². The lowest BCUT2D eigenvalue weighted by Crippen LogP contribution is -2.52. The first-order chi connectivity index (χ1) is 8.95. The van der Waals surface area contributed by atoms with Crippen molar-refractivity contribution in [1.29, 1.82) is 0 Å². The highest BCUT2D eigenvalue weighted by Crippen LogP contribution is 2.47. The molecule has 0 aromatic heterocycles. The molecule has 3 N–H and O–H groups in total. The molecule has 3 nitrogen and oxygen atoms in total. The molecule has 0 aliphatic heterocycles. The Morgan fingerprint density at radius 2 is 2.05 bits per heavy atom. The minimum Gasteiger partial charge on any atom is -0.369 e. The van der Waals surface area contributed by atoms with Gasteiger partial charge >= 0.3 is 0 Å². The molecule has 0 heterocycles. The van der Waals surface area contributed by atoms with Crippen LogP contribution in [-0.4, -0.2) is 18.5 Å². The molecule has 0 radical (unpaired) electrons. The minimum absolute atomic E-state index is 0. The number of benzene rings is 1. The third-order valence-corrected chi connectivity index (χ3v) is 4.89. The Kier molecular flexibility index (Phi) is 6.14. The molecule has 2 rings (SSSR count). The van der Waals surface area contributed by atoms with Gasteiger partial charge in [0.15, 0.2) is 0 Å². The van der Waals surface area contributed by atoms with E-state index in [1.165, 1.54) is 12.0 Å². The fraction of sp³-hybridized carbons (Fsp3) is 0.500. The summed E-state index contributed by atoms with van der Waals surface area (Å²) in [4.78, 5) is 10.9. The lowest BCUT2D eigenvalue weighted by molar-refractivity contribution is -0.117. The second-order valence-electron chi connectivity index (χ2n) is 5.21. The van der Waals surface area contributed by atoms with Crippen molar-refractivity contribution in [3.8, 4) is 0 Å². The predicted octanol–water partition coefficient (Wildman–Crippen LogP) is 3.30. The predicted molar refractivity (Wildman–Crippen MR) is 85.9 cm³/mol. The molecule has 1 saturated carbocycles. The number of rotatable bonds is 5. The van der Waals surface area contributed by atoms with Crippen LogP contribution >= 0.6 is 35.6 Å². The average Bonchev–Trinajstić information content (AvgIpc) is 2.29. The topological polar surface area (TPSA) is 55.1 Å². The van der Waals surface area contributed by atoms with Crippen molar-refractivity contribution in [2.24, 2.45) is 5.73 Å². The Balaban J connectivity index is 0.00000200. The normalized spacial score (nSPS) is 17.8. The number of halogens is 3. The summed E-state index contributed by atoms with van der Waals surface area (Å²) in [6.45, 7) is 2.29. The van der Waals surface area contributed by atoms with Gasteiger partial charge in [-0.1, -0.05) is 35.7 Å². The third kappa shape index (κ3) is 3.40. The molecule has 0 bridgehead atoms. The first kappa shape index (κ1) is 17.6. The number of hydrogen-bond donors (Lipinski definition) is 2. The van der Waals surface area contributed by atoms with Crippen molar-refractivity contribution in [3.63, 3.8) is 0 Å². The zero-order valence-electron chi connectivity index (χ0n) is 11.3. The third-order valence-electron chi connectivity index (χ3n) is 4.15. The molecule has 1 aliphatic carbocycles. The zero-order chi connectivity index (χ0) is 14.0. The summed E-state index contributed by atoms with van der Waals surface area (Å²) in [7, 11) is 0. The second kappa shape index (κ2) is 6.99. The van der Waals surface area contributed by atoms with E-state index in [0.717, 1.165) is 12.8 Å². The maximum atomic E-state index is 10.9. The molecular formula is C14H19Cl3N2O. The van der Waals surface area contributed by atoms with Gasteiger partial charge in [0, 0.05) is 11.5 Å². The van der Waals surface area contributed by atoms with Gasteiger partial charge in [0.05, 0.1) is 16.6 Å². The van der Waals surface area contributed by atoms with Crippen LogP contribution in [0, 0.1) is 0 Å². The number of amides is 1. The first-order valence-corrected chi connectivity index (χ1v) is 7.18. The summed E-state index contributed by atoms with van der Waals surface area (Å²) in [5.41, 5.74) is 6.40. The SMILES string of the molecule is CC(NCC(N)=O)C1(c2ccc(Cl)c(Cl)c2)CCC1.Cl. The molecule has 112 valence electrons. The van der Waals surface area contributed by atoms with E-state index in [9.17, 15) is 4.79 Å². The highest BCUT2D eigenvalue weighted by atomic mass is 35.5. The van der Waals surface area contributed by atoms with Crippen molar-refractivity contribution in [2.45, 2.75) is 37.6 Å². The van der Waals surface area contributed by atoms with E-state index in [4.69, 9.17) is 28.9 Å². The number of carbonyl (C=O) groups is 1. The van der Waals surface area contributed by atoms with Crippen LogP contribution in [0.25, 0.3) is 0 Å². The molecule has 0 saturated heterocycles. The van der Waals surface area contributed by atoms with E-state index in [0.29, 0.717) is 10.0 Å². The summed E-state index contributed by atoms with van der Waals surface area (Å²) in [5, 5.41) is 4.35. The van der Waals surface area contributed by atoms with Crippen molar-refractivity contribution in [2.75, 3.05) is 6.54 Å². The summed E-state index contributed by atoms with van der Waals surface area (Å²) in [5.74, 6) is -0.338. The maximum absolute atomic E-state index is 10.9. The Bertz CT molecular complexity index is 489. The van der Waals surface area contributed by atoms with E-state index in [1.807, 2.05) is 18.2 Å². The summed E-state index contributed by atoms with van der Waals surface area (Å²) >= 11 is 12.1. The molecule has 1 amide bonds. The number of carbonyl (C=O) groups excluding carboxylic acids is 1. The Labute approximate surface area is 135 Å². The van der Waals surface area contributed by atoms with Crippen LogP contribution in [0.3, 0.4) is 0 Å². The Morgan fingerprint density at radius 3 is 2.50 bits per heavy atom. The van der Waals surface area contributed by atoms with Gasteiger partial charge in [-0.3, -0.25) is 4.79 Å². The van der Waals surface area contributed by atoms with E-state index >= 15 is 0 Å². The van der Waals surface area contributed by atoms with Gasteiger partial charge in [-0.05, 0) is 37.5 Å². The minimum atomic E-state index is -0.338. The van der Waals surface area contributed by atoms with E-state index < -0.39 is 0 Å². The van der Waals surface area contributed by atoms with E-state index in [1.54, 1.807) is 0 Å². The summed E-state index contributed by atoms with van der Waals surface area (Å²) < 4.78 is 0. The summed E-state index contributed by atoms with van der Waals surface area (Å²) in [6, 6.07) is 5.97. The van der Waals surface area contributed by atoms with Crippen molar-refractivity contribution >= 4 is 41.5 Å². The van der Waals surface area contributed by atoms with Gasteiger partial charge in [0.2, 0.25) is 5.91 Å². The Hall–Kier alpha value is -0.480. The quantitative estimate of drug-likeness (QED) is 0.866. The lowest BCUT2D eigenvalue weighted by atomic mass is 9.60. The highest BCUT2D eigenvalue weighted by Gasteiger charge is 2.43. The van der Waals surface area contributed by atoms with Crippen LogP contribution in [0.15, 0.2) is 18.2 Å². The van der Waals surface area contributed by atoms with Gasteiger partial charge in [0.25, 0.3) is 0 Å². The molecule has 1 aromatic carbocycles. The van der Waals surface area contributed by atoms with Crippen LogP contribution in [0.4, 0.5) is 0 Å². The number of nitrogens with one attached hydrogen (secondary N) is 1. The Morgan fingerprint density at radius 1 is 1.40 bits per heavy atom. The molecule has 0 spiro atoms. The van der Waals surface area contributed by atoms with Crippen molar-refractivity contribution in [1.82, 2.24) is 5.32 Å². The molecule has 6 heteroatoms. The lowest BCUT2D eigenvalue weighted by Gasteiger charge is -2.47. The standard InChI is InChI=1S/C14H18Cl2N2O.ClH/c1-9(18-8-13(17)19)14(5-2-6-14)10-3-4-11(15)12(16)7-10;/h3-4,7,9,18H,2,5-6,8H2,1H3,(H2,17,19);1H. The monoisotopic (exact) mass is 336 g/mol. The largest absolute Gasteiger partial charge is 0.369 e. The van der Waals surface area contributed by atoms with Crippen LogP contribution < -0.4 is 11.1 Å². The van der Waals surface area contributed by atoms with Crippen LogP contribution in [-0.2, 0) is 10.2 Å². The van der Waals surface area contributed by atoms with Crippen LogP contribution in [0.5, 0.6) is 0 Å². The maximum Gasteiger partial charge on any atom is 0.231 e. The van der Waals surface area contributed by atoms with Gasteiger partial charge < -0.3 is 11.1 Å². The van der Waals surface area contributed by atoms with E-state index in [-0.39, 0.29) is 36.3 Å². The van der Waals surface area contributed by atoms with Gasteiger partial charge in [0.1, 0.15) is 0 Å². The average molecular weight is 338 g/mol. The number of nitrogens with two attached hydrogens (primary N) is 1. The van der Waals surface area contributed by atoms with Gasteiger partial charge in [-0.25, -0.2) is 0 Å². The van der Waals surface area contributed by atoms with Crippen LogP contribution in [0.2, 0.25) is 10.0 Å². The number of primary amides is 1. The first-order valence-electron chi connectivity index (χ1n) is 6.43. The molecule has 1 aromatic rings. The number of hydrogen-bond acceptors (Lipinski definition) is 2. The highest BCUT2D eigenvalue weighted by molar-refractivity contribution is 6.42. The molecule has 20 heavy (non-hydrogen) atoms. The molecule has 1 aliphatic rings.